The second kappa shape index (κ2) is 8.33. The highest BCUT2D eigenvalue weighted by atomic mass is 16.5. The van der Waals surface area contributed by atoms with Gasteiger partial charge in [0.25, 0.3) is 0 Å². The Kier molecular flexibility index (Phi) is 5.62. The van der Waals surface area contributed by atoms with Crippen molar-refractivity contribution in [2.45, 2.75) is 31.3 Å². The average molecular weight is 393 g/mol. The molecule has 0 spiro atoms. The van der Waals surface area contributed by atoms with E-state index >= 15 is 0 Å². The lowest BCUT2D eigenvalue weighted by Gasteiger charge is -2.52. The van der Waals surface area contributed by atoms with Gasteiger partial charge < -0.3 is 10.1 Å². The van der Waals surface area contributed by atoms with Gasteiger partial charge in [0, 0.05) is 37.0 Å². The molecule has 0 aromatic heterocycles. The summed E-state index contributed by atoms with van der Waals surface area (Å²) in [5.74, 6) is 0.792. The number of amides is 1. The highest BCUT2D eigenvalue weighted by molar-refractivity contribution is 5.77. The van der Waals surface area contributed by atoms with E-state index in [1.807, 2.05) is 18.2 Å². The second-order valence-corrected chi connectivity index (χ2v) is 8.07. The van der Waals surface area contributed by atoms with Crippen molar-refractivity contribution in [3.63, 3.8) is 0 Å². The highest BCUT2D eigenvalue weighted by Crippen LogP contribution is 2.55. The number of nitrogens with zero attached hydrogens (tertiary/aromatic N) is 2. The number of ether oxygens (including phenoxy) is 1. The van der Waals surface area contributed by atoms with Gasteiger partial charge in [0.05, 0.1) is 12.8 Å². The number of methoxy groups -OCH3 is 1. The van der Waals surface area contributed by atoms with Crippen molar-refractivity contribution in [3.05, 3.63) is 64.6 Å². The molecule has 1 amide bonds. The van der Waals surface area contributed by atoms with Gasteiger partial charge in [0.2, 0.25) is 6.41 Å². The summed E-state index contributed by atoms with van der Waals surface area (Å²) in [6.07, 6.45) is 3.66. The minimum absolute atomic E-state index is 0.122. The molecule has 2 fully saturated rings. The summed E-state index contributed by atoms with van der Waals surface area (Å²) in [6, 6.07) is 16.0. The molecule has 2 bridgehead atoms. The van der Waals surface area contributed by atoms with E-state index in [1.165, 1.54) is 5.56 Å². The summed E-state index contributed by atoms with van der Waals surface area (Å²) in [6.45, 7) is 2.53. The lowest BCUT2D eigenvalue weighted by molar-refractivity contribution is -0.105. The van der Waals surface area contributed by atoms with Crippen LogP contribution in [-0.4, -0.2) is 31.5 Å². The largest absolute Gasteiger partial charge is 0.494 e. The van der Waals surface area contributed by atoms with Crippen LogP contribution in [0.25, 0.3) is 0 Å². The maximum atomic E-state index is 12.5. The van der Waals surface area contributed by atoms with Gasteiger partial charge in [-0.3, -0.25) is 9.69 Å². The summed E-state index contributed by atoms with van der Waals surface area (Å²) < 4.78 is 5.66. The molecule has 1 saturated heterocycles. The molecule has 1 N–H and O–H groups in total. The Morgan fingerprint density at radius 3 is 2.48 bits per heavy atom. The van der Waals surface area contributed by atoms with Crippen molar-refractivity contribution >= 4 is 12.1 Å². The Morgan fingerprint density at radius 1 is 1.14 bits per heavy atom. The van der Waals surface area contributed by atoms with Gasteiger partial charge in [-0.05, 0) is 24.5 Å². The van der Waals surface area contributed by atoms with Gasteiger partial charge in [-0.1, -0.05) is 54.1 Å². The molecule has 4 rings (SSSR count). The van der Waals surface area contributed by atoms with Gasteiger partial charge in [-0.25, -0.2) is 0 Å². The molecule has 1 heterocycles. The molecule has 2 unspecified atom stereocenters. The first-order valence-electron chi connectivity index (χ1n) is 10.2. The SMILES string of the molecule is COc1c(NC=O)cccc1C1(N=O)C2CCCC1CN(Cc1ccccc1)C2. The summed E-state index contributed by atoms with van der Waals surface area (Å²) in [5.41, 5.74) is 1.84. The minimum atomic E-state index is -0.822. The number of hydrogen-bond donors (Lipinski definition) is 1. The van der Waals surface area contributed by atoms with Gasteiger partial charge in [-0.15, -0.1) is 4.91 Å². The van der Waals surface area contributed by atoms with Crippen molar-refractivity contribution in [3.8, 4) is 5.75 Å². The zero-order chi connectivity index (χ0) is 20.3. The van der Waals surface area contributed by atoms with Crippen molar-refractivity contribution in [1.29, 1.82) is 0 Å². The number of nitroso groups, excluding NO2 is 1. The Labute approximate surface area is 171 Å². The first kappa shape index (κ1) is 19.6. The third-order valence-corrected chi connectivity index (χ3v) is 6.57. The average Bonchev–Trinajstić information content (AvgIpc) is 2.74. The van der Waals surface area contributed by atoms with E-state index in [1.54, 1.807) is 13.2 Å². The molecule has 6 nitrogen and oxygen atoms in total. The van der Waals surface area contributed by atoms with Gasteiger partial charge >= 0.3 is 0 Å². The fourth-order valence-electron chi connectivity index (χ4n) is 5.40. The van der Waals surface area contributed by atoms with Crippen molar-refractivity contribution < 1.29 is 9.53 Å². The monoisotopic (exact) mass is 393 g/mol. The zero-order valence-electron chi connectivity index (χ0n) is 16.7. The molecule has 2 atom stereocenters. The standard InChI is InChI=1S/C23H27N3O3/c1-29-22-20(11-6-12-21(22)24-16-27)23(25-28)18-9-5-10-19(23)15-26(14-18)13-17-7-3-2-4-8-17/h2-4,6-8,11-12,16,18-19H,5,9-10,13-15H2,1H3,(H,24,27). The van der Waals surface area contributed by atoms with E-state index in [0.717, 1.165) is 44.5 Å². The molecule has 1 aliphatic heterocycles. The smallest absolute Gasteiger partial charge is 0.211 e. The molecule has 1 aliphatic carbocycles. The van der Waals surface area contributed by atoms with Crippen LogP contribution in [0.15, 0.2) is 53.7 Å². The quantitative estimate of drug-likeness (QED) is 0.566. The second-order valence-electron chi connectivity index (χ2n) is 8.07. The van der Waals surface area contributed by atoms with Gasteiger partial charge in [0.15, 0.2) is 0 Å². The van der Waals surface area contributed by atoms with E-state index in [4.69, 9.17) is 4.74 Å². The van der Waals surface area contributed by atoms with Crippen molar-refractivity contribution in [1.82, 2.24) is 4.90 Å². The van der Waals surface area contributed by atoms with Crippen LogP contribution in [-0.2, 0) is 16.9 Å². The Hall–Kier alpha value is -2.73. The minimum Gasteiger partial charge on any atom is -0.494 e. The molecule has 2 aliphatic rings. The number of carbonyl (C=O) groups is 1. The van der Waals surface area contributed by atoms with Crippen LogP contribution >= 0.6 is 0 Å². The summed E-state index contributed by atoms with van der Waals surface area (Å²) in [7, 11) is 1.58. The van der Waals surface area contributed by atoms with Crippen LogP contribution in [0, 0.1) is 16.7 Å². The Balaban J connectivity index is 1.70. The van der Waals surface area contributed by atoms with Crippen molar-refractivity contribution in [2.24, 2.45) is 17.0 Å². The molecular formula is C23H27N3O3. The maximum Gasteiger partial charge on any atom is 0.211 e. The molecule has 29 heavy (non-hydrogen) atoms. The third-order valence-electron chi connectivity index (χ3n) is 6.57. The first-order chi connectivity index (χ1) is 14.2. The van der Waals surface area contributed by atoms with Gasteiger partial charge in [-0.2, -0.15) is 0 Å². The number of fused-ring (bicyclic) bond motifs is 2. The number of anilines is 1. The molecule has 1 saturated carbocycles. The number of carbonyl (C=O) groups excluding carboxylic acids is 1. The van der Waals surface area contributed by atoms with E-state index in [9.17, 15) is 9.70 Å². The fourth-order valence-corrected chi connectivity index (χ4v) is 5.40. The number of piperidine rings is 1. The van der Waals surface area contributed by atoms with Crippen LogP contribution in [0.4, 0.5) is 5.69 Å². The summed E-state index contributed by atoms with van der Waals surface area (Å²) >= 11 is 0. The number of benzene rings is 2. The number of hydrogen-bond acceptors (Lipinski definition) is 5. The molecule has 2 aromatic carbocycles. The maximum absolute atomic E-state index is 12.5. The predicted octanol–water partition coefficient (Wildman–Crippen LogP) is 4.16. The predicted molar refractivity (Wildman–Crippen MR) is 113 cm³/mol. The van der Waals surface area contributed by atoms with E-state index in [2.05, 4.69) is 39.7 Å². The van der Waals surface area contributed by atoms with Crippen LogP contribution in [0.2, 0.25) is 0 Å². The number of likely N-dealkylation sites (tertiary alicyclic amines) is 1. The third kappa shape index (κ3) is 3.42. The van der Waals surface area contributed by atoms with E-state index < -0.39 is 5.54 Å². The Morgan fingerprint density at radius 2 is 1.86 bits per heavy atom. The van der Waals surface area contributed by atoms with Crippen LogP contribution < -0.4 is 10.1 Å². The fraction of sp³-hybridized carbons (Fsp3) is 0.435. The van der Waals surface area contributed by atoms with Crippen LogP contribution in [0.5, 0.6) is 5.75 Å². The van der Waals surface area contributed by atoms with Crippen LogP contribution in [0.1, 0.15) is 30.4 Å². The highest BCUT2D eigenvalue weighted by Gasteiger charge is 2.55. The Bertz CT molecular complexity index is 857. The van der Waals surface area contributed by atoms with E-state index in [-0.39, 0.29) is 11.8 Å². The summed E-state index contributed by atoms with van der Waals surface area (Å²) in [5, 5.41) is 6.51. The normalized spacial score (nSPS) is 26.5. The summed E-state index contributed by atoms with van der Waals surface area (Å²) in [4.78, 5) is 26.0. The number of nitrogens with one attached hydrogen (secondary N) is 1. The lowest BCUT2D eigenvalue weighted by Crippen LogP contribution is -2.56. The molecular weight excluding hydrogens is 366 g/mol. The zero-order valence-corrected chi connectivity index (χ0v) is 16.7. The van der Waals surface area contributed by atoms with Crippen molar-refractivity contribution in [2.75, 3.05) is 25.5 Å². The lowest BCUT2D eigenvalue weighted by atomic mass is 9.60. The first-order valence-corrected chi connectivity index (χ1v) is 10.2. The topological polar surface area (TPSA) is 71.0 Å². The molecule has 2 aromatic rings. The van der Waals surface area contributed by atoms with Gasteiger partial charge in [0.1, 0.15) is 11.3 Å². The number of rotatable bonds is 7. The van der Waals surface area contributed by atoms with Crippen LogP contribution in [0.3, 0.4) is 0 Å². The molecule has 6 heteroatoms. The molecule has 0 radical (unpaired) electrons. The van der Waals surface area contributed by atoms with E-state index in [0.29, 0.717) is 17.8 Å². The number of para-hydroxylation sites is 1. The molecule has 152 valence electrons.